The minimum Gasteiger partial charge on any atom is -0.494 e. The first kappa shape index (κ1) is 17.3. The van der Waals surface area contributed by atoms with Crippen LogP contribution in [0.5, 0.6) is 5.75 Å². The molecule has 0 unspecified atom stereocenters. The summed E-state index contributed by atoms with van der Waals surface area (Å²) < 4.78 is 18.3. The van der Waals surface area contributed by atoms with Crippen LogP contribution < -0.4 is 10.1 Å². The second-order valence-corrected chi connectivity index (χ2v) is 5.37. The number of hydrogen-bond acceptors (Lipinski definition) is 4. The minimum atomic E-state index is -0.868. The third kappa shape index (κ3) is 6.99. The van der Waals surface area contributed by atoms with Gasteiger partial charge in [0, 0.05) is 18.7 Å². The highest BCUT2D eigenvalue weighted by Gasteiger charge is 2.06. The van der Waals surface area contributed by atoms with Gasteiger partial charge in [-0.2, -0.15) is 0 Å². The van der Waals surface area contributed by atoms with E-state index in [0.29, 0.717) is 18.7 Å². The van der Waals surface area contributed by atoms with Crippen molar-refractivity contribution in [2.24, 2.45) is 0 Å². The average molecular weight is 315 g/mol. The van der Waals surface area contributed by atoms with Gasteiger partial charge in [-0.25, -0.2) is 4.39 Å². The summed E-state index contributed by atoms with van der Waals surface area (Å²) in [6.45, 7) is 0.424. The SMILES string of the molecule is COc1ccc(CCC(=O)NCCSCC(=O)O)cc1F. The summed E-state index contributed by atoms with van der Waals surface area (Å²) >= 11 is 1.25. The maximum Gasteiger partial charge on any atom is 0.313 e. The Morgan fingerprint density at radius 3 is 2.81 bits per heavy atom. The number of thioether (sulfide) groups is 1. The molecule has 0 aliphatic rings. The summed E-state index contributed by atoms with van der Waals surface area (Å²) in [6, 6.07) is 4.61. The molecule has 1 rings (SSSR count). The van der Waals surface area contributed by atoms with Gasteiger partial charge in [-0.1, -0.05) is 6.07 Å². The lowest BCUT2D eigenvalue weighted by atomic mass is 10.1. The zero-order valence-corrected chi connectivity index (χ0v) is 12.5. The van der Waals surface area contributed by atoms with Gasteiger partial charge in [-0.05, 0) is 24.1 Å². The van der Waals surface area contributed by atoms with Gasteiger partial charge in [0.1, 0.15) is 0 Å². The smallest absolute Gasteiger partial charge is 0.313 e. The zero-order chi connectivity index (χ0) is 15.7. The molecule has 1 aromatic carbocycles. The van der Waals surface area contributed by atoms with Crippen molar-refractivity contribution >= 4 is 23.6 Å². The average Bonchev–Trinajstić information content (AvgIpc) is 2.44. The van der Waals surface area contributed by atoms with Gasteiger partial charge in [0.15, 0.2) is 11.6 Å². The topological polar surface area (TPSA) is 75.6 Å². The number of ether oxygens (including phenoxy) is 1. The van der Waals surface area contributed by atoms with Crippen LogP contribution in [-0.2, 0) is 16.0 Å². The monoisotopic (exact) mass is 315 g/mol. The van der Waals surface area contributed by atoms with Crippen molar-refractivity contribution in [1.29, 1.82) is 0 Å². The predicted octanol–water partition coefficient (Wildman–Crippen LogP) is 1.70. The van der Waals surface area contributed by atoms with Crippen molar-refractivity contribution in [1.82, 2.24) is 5.32 Å². The number of aliphatic carboxylic acids is 1. The molecule has 0 radical (unpaired) electrons. The molecular formula is C14H18FNO4S. The Balaban J connectivity index is 2.23. The minimum absolute atomic E-state index is 0.0288. The summed E-state index contributed by atoms with van der Waals surface area (Å²) in [5.41, 5.74) is 0.726. The van der Waals surface area contributed by atoms with Gasteiger partial charge in [-0.15, -0.1) is 11.8 Å². The van der Waals surface area contributed by atoms with Crippen molar-refractivity contribution in [3.8, 4) is 5.75 Å². The first-order chi connectivity index (χ1) is 10.0. The normalized spacial score (nSPS) is 10.2. The van der Waals surface area contributed by atoms with Gasteiger partial charge in [0.05, 0.1) is 12.9 Å². The third-order valence-electron chi connectivity index (χ3n) is 2.65. The number of rotatable bonds is 9. The van der Waals surface area contributed by atoms with Crippen LogP contribution in [0, 0.1) is 5.82 Å². The Kier molecular flexibility index (Phi) is 7.60. The van der Waals surface area contributed by atoms with Crippen LogP contribution in [-0.4, -0.2) is 42.1 Å². The number of carbonyl (C=O) groups is 2. The fraction of sp³-hybridized carbons (Fsp3) is 0.429. The first-order valence-electron chi connectivity index (χ1n) is 6.41. The van der Waals surface area contributed by atoms with E-state index in [1.54, 1.807) is 6.07 Å². The van der Waals surface area contributed by atoms with Crippen LogP contribution in [0.2, 0.25) is 0 Å². The Labute approximate surface area is 126 Å². The van der Waals surface area contributed by atoms with Crippen molar-refractivity contribution in [2.45, 2.75) is 12.8 Å². The van der Waals surface area contributed by atoms with Crippen molar-refractivity contribution in [3.63, 3.8) is 0 Å². The Hall–Kier alpha value is -1.76. The number of methoxy groups -OCH3 is 1. The van der Waals surface area contributed by atoms with Gasteiger partial charge in [0.2, 0.25) is 5.91 Å². The van der Waals surface area contributed by atoms with Crippen LogP contribution >= 0.6 is 11.8 Å². The molecule has 0 saturated heterocycles. The zero-order valence-electron chi connectivity index (χ0n) is 11.7. The number of halogens is 1. The molecule has 0 saturated carbocycles. The quantitative estimate of drug-likeness (QED) is 0.678. The number of hydrogen-bond donors (Lipinski definition) is 2. The lowest BCUT2D eigenvalue weighted by molar-refractivity contribution is -0.133. The van der Waals surface area contributed by atoms with E-state index in [1.165, 1.54) is 31.0 Å². The molecule has 0 fully saturated rings. The van der Waals surface area contributed by atoms with E-state index < -0.39 is 11.8 Å². The molecule has 0 bridgehead atoms. The summed E-state index contributed by atoms with van der Waals surface area (Å²) in [6.07, 6.45) is 0.699. The second-order valence-electron chi connectivity index (χ2n) is 4.27. The lowest BCUT2D eigenvalue weighted by Gasteiger charge is -2.06. The highest BCUT2D eigenvalue weighted by atomic mass is 32.2. The molecule has 7 heteroatoms. The Morgan fingerprint density at radius 1 is 1.43 bits per heavy atom. The molecule has 0 spiro atoms. The molecule has 2 N–H and O–H groups in total. The van der Waals surface area contributed by atoms with Crippen LogP contribution in [0.1, 0.15) is 12.0 Å². The number of benzene rings is 1. The van der Waals surface area contributed by atoms with E-state index in [2.05, 4.69) is 5.32 Å². The summed E-state index contributed by atoms with van der Waals surface area (Å²) in [7, 11) is 1.40. The molecule has 0 atom stereocenters. The summed E-state index contributed by atoms with van der Waals surface area (Å²) in [5.74, 6) is -0.690. The number of nitrogens with one attached hydrogen (secondary N) is 1. The number of aryl methyl sites for hydroxylation is 1. The standard InChI is InChI=1S/C14H18FNO4S/c1-20-12-4-2-10(8-11(12)15)3-5-13(17)16-6-7-21-9-14(18)19/h2,4,8H,3,5-7,9H2,1H3,(H,16,17)(H,18,19). The number of amides is 1. The number of carboxylic acids is 1. The Bertz CT molecular complexity index is 496. The molecule has 0 aromatic heterocycles. The van der Waals surface area contributed by atoms with Crippen molar-refractivity contribution in [3.05, 3.63) is 29.6 Å². The van der Waals surface area contributed by atoms with Gasteiger partial charge >= 0.3 is 5.97 Å². The summed E-state index contributed by atoms with van der Waals surface area (Å²) in [4.78, 5) is 21.8. The van der Waals surface area contributed by atoms with E-state index in [-0.39, 0.29) is 23.8 Å². The predicted molar refractivity (Wildman–Crippen MR) is 79.2 cm³/mol. The van der Waals surface area contributed by atoms with Gasteiger partial charge in [0.25, 0.3) is 0 Å². The molecule has 21 heavy (non-hydrogen) atoms. The van der Waals surface area contributed by atoms with Crippen LogP contribution in [0.25, 0.3) is 0 Å². The number of carboxylic acid groups (broad SMARTS) is 1. The maximum absolute atomic E-state index is 13.5. The second kappa shape index (κ2) is 9.23. The fourth-order valence-corrected chi connectivity index (χ4v) is 2.20. The van der Waals surface area contributed by atoms with Crippen molar-refractivity contribution < 1.29 is 23.8 Å². The van der Waals surface area contributed by atoms with Crippen LogP contribution in [0.3, 0.4) is 0 Å². The van der Waals surface area contributed by atoms with E-state index in [4.69, 9.17) is 9.84 Å². The van der Waals surface area contributed by atoms with E-state index in [0.717, 1.165) is 5.56 Å². The molecule has 116 valence electrons. The molecular weight excluding hydrogens is 297 g/mol. The molecule has 1 amide bonds. The van der Waals surface area contributed by atoms with E-state index >= 15 is 0 Å². The molecule has 5 nitrogen and oxygen atoms in total. The van der Waals surface area contributed by atoms with Gasteiger partial charge < -0.3 is 15.2 Å². The van der Waals surface area contributed by atoms with Crippen LogP contribution in [0.4, 0.5) is 4.39 Å². The van der Waals surface area contributed by atoms with E-state index in [9.17, 15) is 14.0 Å². The summed E-state index contributed by atoms with van der Waals surface area (Å²) in [5, 5.41) is 11.1. The molecule has 0 aliphatic heterocycles. The fourth-order valence-electron chi connectivity index (χ4n) is 1.63. The highest BCUT2D eigenvalue weighted by Crippen LogP contribution is 2.18. The van der Waals surface area contributed by atoms with Crippen molar-refractivity contribution in [2.75, 3.05) is 25.2 Å². The molecule has 0 aliphatic carbocycles. The molecule has 1 aromatic rings. The lowest BCUT2D eigenvalue weighted by Crippen LogP contribution is -2.26. The Morgan fingerprint density at radius 2 is 2.19 bits per heavy atom. The first-order valence-corrected chi connectivity index (χ1v) is 7.57. The van der Waals surface area contributed by atoms with Gasteiger partial charge in [-0.3, -0.25) is 9.59 Å². The third-order valence-corrected chi connectivity index (χ3v) is 3.59. The number of carbonyl (C=O) groups excluding carboxylic acids is 1. The molecule has 0 heterocycles. The van der Waals surface area contributed by atoms with Crippen LogP contribution in [0.15, 0.2) is 18.2 Å². The maximum atomic E-state index is 13.5. The van der Waals surface area contributed by atoms with E-state index in [1.807, 2.05) is 0 Å². The highest BCUT2D eigenvalue weighted by molar-refractivity contribution is 7.99. The largest absolute Gasteiger partial charge is 0.494 e.